The summed E-state index contributed by atoms with van der Waals surface area (Å²) in [5.74, 6) is -0.416. The van der Waals surface area contributed by atoms with E-state index in [9.17, 15) is 12.8 Å². The second kappa shape index (κ2) is 6.44. The number of halogens is 3. The second-order valence-corrected chi connectivity index (χ2v) is 7.48. The molecule has 0 bridgehead atoms. The van der Waals surface area contributed by atoms with E-state index in [1.165, 1.54) is 30.3 Å². The van der Waals surface area contributed by atoms with Crippen molar-refractivity contribution >= 4 is 37.6 Å². The van der Waals surface area contributed by atoms with Gasteiger partial charge in [0.1, 0.15) is 10.7 Å². The van der Waals surface area contributed by atoms with Gasteiger partial charge in [0.15, 0.2) is 0 Å². The molecule has 0 saturated heterocycles. The number of hydrogen-bond donors (Lipinski definition) is 1. The maximum absolute atomic E-state index is 13.2. The van der Waals surface area contributed by atoms with Crippen molar-refractivity contribution < 1.29 is 12.8 Å². The Morgan fingerprint density at radius 3 is 2.57 bits per heavy atom. The summed E-state index contributed by atoms with van der Waals surface area (Å²) in [5.41, 5.74) is 0.534. The first-order valence-electron chi connectivity index (χ1n) is 6.02. The van der Waals surface area contributed by atoms with Crippen LogP contribution in [0.5, 0.6) is 0 Å². The fourth-order valence-corrected chi connectivity index (χ4v) is 4.10. The lowest BCUT2D eigenvalue weighted by molar-refractivity contribution is 0.564. The standard InChI is InChI=1S/C14H12BrClFNO2S/c1-9(10-3-2-4-12(17)7-10)18-21(19,20)14-6-5-11(15)8-13(14)16/h2-9,18H,1H3/t9-/m0/s1. The van der Waals surface area contributed by atoms with Crippen molar-refractivity contribution in [3.05, 3.63) is 63.3 Å². The summed E-state index contributed by atoms with van der Waals surface area (Å²) in [5, 5.41) is 0.114. The van der Waals surface area contributed by atoms with Gasteiger partial charge in [-0.25, -0.2) is 17.5 Å². The van der Waals surface area contributed by atoms with Gasteiger partial charge in [-0.3, -0.25) is 0 Å². The van der Waals surface area contributed by atoms with Crippen molar-refractivity contribution in [3.63, 3.8) is 0 Å². The maximum atomic E-state index is 13.2. The van der Waals surface area contributed by atoms with Gasteiger partial charge in [0.2, 0.25) is 10.0 Å². The summed E-state index contributed by atoms with van der Waals surface area (Å²) in [7, 11) is -3.79. The quantitative estimate of drug-likeness (QED) is 0.844. The van der Waals surface area contributed by atoms with Gasteiger partial charge < -0.3 is 0 Å². The zero-order valence-corrected chi connectivity index (χ0v) is 14.1. The SMILES string of the molecule is C[C@H](NS(=O)(=O)c1ccc(Br)cc1Cl)c1cccc(F)c1. The van der Waals surface area contributed by atoms with Crippen LogP contribution in [-0.2, 0) is 10.0 Å². The van der Waals surface area contributed by atoms with Gasteiger partial charge >= 0.3 is 0 Å². The summed E-state index contributed by atoms with van der Waals surface area (Å²) >= 11 is 9.18. The Morgan fingerprint density at radius 1 is 1.24 bits per heavy atom. The van der Waals surface area contributed by atoms with Gasteiger partial charge in [-0.15, -0.1) is 0 Å². The Hall–Kier alpha value is -0.950. The number of benzene rings is 2. The van der Waals surface area contributed by atoms with E-state index in [4.69, 9.17) is 11.6 Å². The third kappa shape index (κ3) is 4.03. The van der Waals surface area contributed by atoms with Gasteiger partial charge in [-0.05, 0) is 42.8 Å². The molecule has 0 aliphatic rings. The fraction of sp³-hybridized carbons (Fsp3) is 0.143. The first-order valence-corrected chi connectivity index (χ1v) is 8.68. The molecule has 2 aromatic rings. The summed E-state index contributed by atoms with van der Waals surface area (Å²) in [6, 6.07) is 9.70. The molecule has 0 heterocycles. The maximum Gasteiger partial charge on any atom is 0.242 e. The summed E-state index contributed by atoms with van der Waals surface area (Å²) in [6.45, 7) is 1.64. The van der Waals surface area contributed by atoms with Crippen LogP contribution in [0.25, 0.3) is 0 Å². The van der Waals surface area contributed by atoms with E-state index in [-0.39, 0.29) is 9.92 Å². The van der Waals surface area contributed by atoms with Gasteiger partial charge in [-0.1, -0.05) is 39.7 Å². The minimum atomic E-state index is -3.79. The van der Waals surface area contributed by atoms with E-state index in [2.05, 4.69) is 20.7 Å². The first-order chi connectivity index (χ1) is 9.79. The van der Waals surface area contributed by atoms with Crippen LogP contribution in [-0.4, -0.2) is 8.42 Å². The smallest absolute Gasteiger partial charge is 0.207 e. The van der Waals surface area contributed by atoms with Crippen LogP contribution >= 0.6 is 27.5 Å². The molecule has 0 spiro atoms. The van der Waals surface area contributed by atoms with E-state index < -0.39 is 21.9 Å². The van der Waals surface area contributed by atoms with Crippen molar-refractivity contribution in [1.29, 1.82) is 0 Å². The lowest BCUT2D eigenvalue weighted by Gasteiger charge is -2.15. The van der Waals surface area contributed by atoms with Crippen LogP contribution in [0, 0.1) is 5.82 Å². The number of rotatable bonds is 4. The van der Waals surface area contributed by atoms with Crippen molar-refractivity contribution in [2.45, 2.75) is 17.9 Å². The molecule has 2 rings (SSSR count). The highest BCUT2D eigenvalue weighted by molar-refractivity contribution is 9.10. The van der Waals surface area contributed by atoms with Crippen LogP contribution in [0.2, 0.25) is 5.02 Å². The molecule has 0 radical (unpaired) electrons. The summed E-state index contributed by atoms with van der Waals surface area (Å²) in [6.07, 6.45) is 0. The van der Waals surface area contributed by atoms with Crippen molar-refractivity contribution in [3.8, 4) is 0 Å². The average Bonchev–Trinajstić information content (AvgIpc) is 2.37. The largest absolute Gasteiger partial charge is 0.242 e. The second-order valence-electron chi connectivity index (χ2n) is 4.47. The van der Waals surface area contributed by atoms with E-state index in [1.54, 1.807) is 19.1 Å². The Labute approximate surface area is 136 Å². The van der Waals surface area contributed by atoms with Gasteiger partial charge in [-0.2, -0.15) is 0 Å². The Kier molecular flexibility index (Phi) is 5.03. The molecule has 7 heteroatoms. The number of sulfonamides is 1. The van der Waals surface area contributed by atoms with Gasteiger partial charge in [0.05, 0.1) is 5.02 Å². The predicted octanol–water partition coefficient (Wildman–Crippen LogP) is 4.28. The fourth-order valence-electron chi connectivity index (χ4n) is 1.83. The molecule has 1 atom stereocenters. The highest BCUT2D eigenvalue weighted by Crippen LogP contribution is 2.26. The normalized spacial score (nSPS) is 13.1. The monoisotopic (exact) mass is 391 g/mol. The third-order valence-corrected chi connectivity index (χ3v) is 5.38. The molecular formula is C14H12BrClFNO2S. The highest BCUT2D eigenvalue weighted by Gasteiger charge is 2.21. The highest BCUT2D eigenvalue weighted by atomic mass is 79.9. The van der Waals surface area contributed by atoms with Crippen LogP contribution in [0.4, 0.5) is 4.39 Å². The molecule has 0 aliphatic carbocycles. The van der Waals surface area contributed by atoms with E-state index in [0.717, 1.165) is 0 Å². The van der Waals surface area contributed by atoms with Crippen LogP contribution < -0.4 is 4.72 Å². The van der Waals surface area contributed by atoms with Crippen LogP contribution in [0.15, 0.2) is 51.8 Å². The lowest BCUT2D eigenvalue weighted by Crippen LogP contribution is -2.27. The van der Waals surface area contributed by atoms with Gasteiger partial charge in [0.25, 0.3) is 0 Å². The number of hydrogen-bond acceptors (Lipinski definition) is 2. The number of nitrogens with one attached hydrogen (secondary N) is 1. The minimum absolute atomic E-state index is 0.0179. The van der Waals surface area contributed by atoms with Crippen LogP contribution in [0.1, 0.15) is 18.5 Å². The zero-order chi connectivity index (χ0) is 15.6. The average molecular weight is 393 g/mol. The van der Waals surface area contributed by atoms with Crippen LogP contribution in [0.3, 0.4) is 0 Å². The Balaban J connectivity index is 2.29. The van der Waals surface area contributed by atoms with Crippen molar-refractivity contribution in [2.75, 3.05) is 0 Å². The Morgan fingerprint density at radius 2 is 1.95 bits per heavy atom. The molecule has 3 nitrogen and oxygen atoms in total. The summed E-state index contributed by atoms with van der Waals surface area (Å²) in [4.78, 5) is -0.0179. The van der Waals surface area contributed by atoms with Crippen molar-refractivity contribution in [1.82, 2.24) is 4.72 Å². The molecule has 21 heavy (non-hydrogen) atoms. The predicted molar refractivity (Wildman–Crippen MR) is 84.3 cm³/mol. The van der Waals surface area contributed by atoms with E-state index in [0.29, 0.717) is 10.0 Å². The molecule has 0 amide bonds. The van der Waals surface area contributed by atoms with Crippen molar-refractivity contribution in [2.24, 2.45) is 0 Å². The molecule has 112 valence electrons. The molecule has 0 saturated carbocycles. The molecule has 2 aromatic carbocycles. The molecule has 0 unspecified atom stereocenters. The van der Waals surface area contributed by atoms with E-state index in [1.807, 2.05) is 0 Å². The summed E-state index contributed by atoms with van der Waals surface area (Å²) < 4.78 is 41.0. The topological polar surface area (TPSA) is 46.2 Å². The Bertz CT molecular complexity index is 767. The third-order valence-electron chi connectivity index (χ3n) is 2.86. The minimum Gasteiger partial charge on any atom is -0.207 e. The molecular weight excluding hydrogens is 381 g/mol. The first kappa shape index (κ1) is 16.4. The molecule has 0 aliphatic heterocycles. The van der Waals surface area contributed by atoms with E-state index >= 15 is 0 Å². The lowest BCUT2D eigenvalue weighted by atomic mass is 10.1. The van der Waals surface area contributed by atoms with Gasteiger partial charge in [0, 0.05) is 10.5 Å². The molecule has 0 aromatic heterocycles. The molecule has 1 N–H and O–H groups in total. The zero-order valence-electron chi connectivity index (χ0n) is 11.0. The molecule has 0 fully saturated rings.